The quantitative estimate of drug-likeness (QED) is 0.828. The summed E-state index contributed by atoms with van der Waals surface area (Å²) in [6.07, 6.45) is 5.69. The molecular weight excluding hydrogens is 330 g/mol. The van der Waals surface area contributed by atoms with E-state index in [1.54, 1.807) is 28.9 Å². The van der Waals surface area contributed by atoms with Crippen molar-refractivity contribution in [2.24, 2.45) is 7.05 Å². The molecule has 1 fully saturated rings. The molecule has 0 N–H and O–H groups in total. The van der Waals surface area contributed by atoms with Crippen LogP contribution in [0.5, 0.6) is 0 Å². The molecule has 7 nitrogen and oxygen atoms in total. The molecule has 4 rings (SSSR count). The lowest BCUT2D eigenvalue weighted by Gasteiger charge is -2.30. The van der Waals surface area contributed by atoms with Crippen molar-refractivity contribution >= 4 is 5.91 Å². The van der Waals surface area contributed by atoms with Crippen LogP contribution in [0, 0.1) is 6.92 Å². The number of pyridine rings is 1. The van der Waals surface area contributed by atoms with E-state index in [9.17, 15) is 9.59 Å². The Morgan fingerprint density at radius 1 is 1.23 bits per heavy atom. The predicted octanol–water partition coefficient (Wildman–Crippen LogP) is 1.16. The highest BCUT2D eigenvalue weighted by molar-refractivity contribution is 5.83. The van der Waals surface area contributed by atoms with Gasteiger partial charge in [-0.2, -0.15) is 0 Å². The van der Waals surface area contributed by atoms with Crippen LogP contribution in [0.15, 0.2) is 29.3 Å². The summed E-state index contributed by atoms with van der Waals surface area (Å²) in [7, 11) is 1.72. The zero-order valence-electron chi connectivity index (χ0n) is 15.2. The first kappa shape index (κ1) is 16.9. The van der Waals surface area contributed by atoms with Gasteiger partial charge >= 0.3 is 0 Å². The Hall–Kier alpha value is -2.54. The van der Waals surface area contributed by atoms with E-state index in [1.165, 1.54) is 0 Å². The topological polar surface area (TPSA) is 71.3 Å². The smallest absolute Gasteiger partial charge is 0.258 e. The number of likely N-dealkylation sites (tertiary alicyclic amines) is 1. The minimum atomic E-state index is -0.342. The Kier molecular flexibility index (Phi) is 4.32. The van der Waals surface area contributed by atoms with Gasteiger partial charge in [-0.3, -0.25) is 24.0 Å². The van der Waals surface area contributed by atoms with E-state index in [2.05, 4.69) is 14.9 Å². The molecule has 0 bridgehead atoms. The molecule has 0 spiro atoms. The zero-order valence-corrected chi connectivity index (χ0v) is 15.2. The summed E-state index contributed by atoms with van der Waals surface area (Å²) in [5, 5.41) is 0. The van der Waals surface area contributed by atoms with E-state index in [1.807, 2.05) is 19.1 Å². The van der Waals surface area contributed by atoms with Gasteiger partial charge in [0.1, 0.15) is 11.9 Å². The van der Waals surface area contributed by atoms with Crippen LogP contribution >= 0.6 is 0 Å². The van der Waals surface area contributed by atoms with E-state index < -0.39 is 0 Å². The molecule has 2 aromatic heterocycles. The fourth-order valence-corrected chi connectivity index (χ4v) is 3.90. The Morgan fingerprint density at radius 2 is 2.00 bits per heavy atom. The Morgan fingerprint density at radius 3 is 2.69 bits per heavy atom. The van der Waals surface area contributed by atoms with Crippen LogP contribution in [0.2, 0.25) is 0 Å². The standard InChI is InChI=1S/C19H23N5O2/c1-13-21-16-12-24(11-15(16)18(25)22(13)2)19(26)17(23-8-3-4-9-23)14-6-5-7-20-10-14/h5-7,10,17H,3-4,8-9,11-12H2,1-2H3/t17-/m0/s1. The summed E-state index contributed by atoms with van der Waals surface area (Å²) in [4.78, 5) is 38.6. The van der Waals surface area contributed by atoms with Crippen molar-refractivity contribution in [3.63, 3.8) is 0 Å². The third-order valence-corrected chi connectivity index (χ3v) is 5.43. The maximum Gasteiger partial charge on any atom is 0.258 e. The highest BCUT2D eigenvalue weighted by Gasteiger charge is 2.36. The van der Waals surface area contributed by atoms with Crippen molar-refractivity contribution in [1.29, 1.82) is 0 Å². The number of hydrogen-bond donors (Lipinski definition) is 0. The SMILES string of the molecule is Cc1nc2c(c(=O)n1C)CN(C(=O)[C@H](c1cccnc1)N1CCCC1)C2. The van der Waals surface area contributed by atoms with Gasteiger partial charge in [-0.25, -0.2) is 4.98 Å². The minimum absolute atomic E-state index is 0.0256. The number of aryl methyl sites for hydroxylation is 1. The number of fused-ring (bicyclic) bond motifs is 1. The molecule has 2 aliphatic heterocycles. The van der Waals surface area contributed by atoms with Crippen molar-refractivity contribution in [2.75, 3.05) is 13.1 Å². The molecular formula is C19H23N5O2. The molecule has 0 unspecified atom stereocenters. The molecule has 1 saturated heterocycles. The second-order valence-corrected chi connectivity index (χ2v) is 7.07. The van der Waals surface area contributed by atoms with Crippen LogP contribution in [0.25, 0.3) is 0 Å². The summed E-state index contributed by atoms with van der Waals surface area (Å²) in [6, 6.07) is 3.48. The van der Waals surface area contributed by atoms with Gasteiger partial charge in [0, 0.05) is 19.4 Å². The second-order valence-electron chi connectivity index (χ2n) is 7.07. The largest absolute Gasteiger partial charge is 0.331 e. The van der Waals surface area contributed by atoms with Gasteiger partial charge in [-0.1, -0.05) is 6.07 Å². The molecule has 1 amide bonds. The lowest BCUT2D eigenvalue weighted by Crippen LogP contribution is -2.40. The first-order chi connectivity index (χ1) is 12.6. The Bertz CT molecular complexity index is 887. The van der Waals surface area contributed by atoms with Gasteiger partial charge in [0.2, 0.25) is 5.91 Å². The van der Waals surface area contributed by atoms with Gasteiger partial charge < -0.3 is 4.90 Å². The van der Waals surface area contributed by atoms with Crippen LogP contribution in [-0.4, -0.2) is 43.3 Å². The third kappa shape index (κ3) is 2.82. The molecule has 7 heteroatoms. The van der Waals surface area contributed by atoms with Crippen molar-refractivity contribution in [1.82, 2.24) is 24.3 Å². The van der Waals surface area contributed by atoms with E-state index >= 15 is 0 Å². The number of carbonyl (C=O) groups excluding carboxylic acids is 1. The molecule has 0 aliphatic carbocycles. The van der Waals surface area contributed by atoms with Gasteiger partial charge in [-0.15, -0.1) is 0 Å². The van der Waals surface area contributed by atoms with Crippen LogP contribution in [0.4, 0.5) is 0 Å². The fourth-order valence-electron chi connectivity index (χ4n) is 3.90. The van der Waals surface area contributed by atoms with Crippen molar-refractivity contribution < 1.29 is 4.79 Å². The number of hydrogen-bond acceptors (Lipinski definition) is 5. The first-order valence-electron chi connectivity index (χ1n) is 9.04. The molecule has 26 heavy (non-hydrogen) atoms. The lowest BCUT2D eigenvalue weighted by molar-refractivity contribution is -0.137. The Balaban J connectivity index is 1.65. The molecule has 1 atom stereocenters. The molecule has 2 aromatic rings. The third-order valence-electron chi connectivity index (χ3n) is 5.43. The predicted molar refractivity (Wildman–Crippen MR) is 96.3 cm³/mol. The Labute approximate surface area is 152 Å². The van der Waals surface area contributed by atoms with Gasteiger partial charge in [-0.05, 0) is 44.5 Å². The normalized spacial score (nSPS) is 18.2. The van der Waals surface area contributed by atoms with Crippen LogP contribution in [0.1, 0.15) is 41.5 Å². The van der Waals surface area contributed by atoms with Crippen molar-refractivity contribution in [3.8, 4) is 0 Å². The van der Waals surface area contributed by atoms with Crippen molar-refractivity contribution in [3.05, 3.63) is 57.5 Å². The average molecular weight is 353 g/mol. The summed E-state index contributed by atoms with van der Waals surface area (Å²) in [6.45, 7) is 4.36. The van der Waals surface area contributed by atoms with E-state index in [-0.39, 0.29) is 17.5 Å². The lowest BCUT2D eigenvalue weighted by atomic mass is 10.1. The van der Waals surface area contributed by atoms with Gasteiger partial charge in [0.05, 0.1) is 24.3 Å². The minimum Gasteiger partial charge on any atom is -0.331 e. The average Bonchev–Trinajstić information content (AvgIpc) is 3.31. The van der Waals surface area contributed by atoms with Crippen molar-refractivity contribution in [2.45, 2.75) is 38.9 Å². The maximum atomic E-state index is 13.4. The summed E-state index contributed by atoms with van der Waals surface area (Å²) in [5.74, 6) is 0.698. The molecule has 136 valence electrons. The van der Waals surface area contributed by atoms with E-state index in [0.29, 0.717) is 24.5 Å². The molecule has 4 heterocycles. The molecule has 2 aliphatic rings. The number of rotatable bonds is 3. The first-order valence-corrected chi connectivity index (χ1v) is 9.04. The van der Waals surface area contributed by atoms with Gasteiger partial charge in [0.15, 0.2) is 0 Å². The number of amides is 1. The fraction of sp³-hybridized carbons (Fsp3) is 0.474. The second kappa shape index (κ2) is 6.64. The van der Waals surface area contributed by atoms with Crippen LogP contribution < -0.4 is 5.56 Å². The monoisotopic (exact) mass is 353 g/mol. The summed E-state index contributed by atoms with van der Waals surface area (Å²) in [5.41, 5.74) is 2.22. The van der Waals surface area contributed by atoms with E-state index in [4.69, 9.17) is 0 Å². The van der Waals surface area contributed by atoms with Crippen LogP contribution in [-0.2, 0) is 24.9 Å². The van der Waals surface area contributed by atoms with Crippen LogP contribution in [0.3, 0.4) is 0 Å². The number of nitrogens with zero attached hydrogens (tertiary/aromatic N) is 5. The van der Waals surface area contributed by atoms with E-state index in [0.717, 1.165) is 37.2 Å². The maximum absolute atomic E-state index is 13.4. The highest BCUT2D eigenvalue weighted by Crippen LogP contribution is 2.29. The number of aromatic nitrogens is 3. The number of carbonyl (C=O) groups is 1. The zero-order chi connectivity index (χ0) is 18.3. The highest BCUT2D eigenvalue weighted by atomic mass is 16.2. The molecule has 0 aromatic carbocycles. The summed E-state index contributed by atoms with van der Waals surface area (Å²) >= 11 is 0. The summed E-state index contributed by atoms with van der Waals surface area (Å²) < 4.78 is 1.55. The molecule has 0 saturated carbocycles. The molecule has 0 radical (unpaired) electrons. The van der Waals surface area contributed by atoms with Gasteiger partial charge in [0.25, 0.3) is 5.56 Å².